The molecule has 1 N–H and O–H groups in total. The molecule has 4 nitrogen and oxygen atoms in total. The monoisotopic (exact) mass is 291 g/mol. The van der Waals surface area contributed by atoms with Crippen LogP contribution in [0.25, 0.3) is 0 Å². The molecule has 20 heavy (non-hydrogen) atoms. The first-order valence-corrected chi connectivity index (χ1v) is 6.94. The molecule has 0 radical (unpaired) electrons. The van der Waals surface area contributed by atoms with Crippen LogP contribution in [-0.4, -0.2) is 16.6 Å². The molecule has 0 unspecified atom stereocenters. The molecular weight excluding hydrogens is 274 g/mol. The number of aromatic nitrogens is 2. The zero-order chi connectivity index (χ0) is 14.4. The van der Waals surface area contributed by atoms with Gasteiger partial charge in [-0.05, 0) is 23.6 Å². The summed E-state index contributed by atoms with van der Waals surface area (Å²) >= 11 is 5.85. The van der Waals surface area contributed by atoms with Crippen LogP contribution in [0.2, 0.25) is 5.02 Å². The number of anilines is 1. The van der Waals surface area contributed by atoms with Crippen molar-refractivity contribution in [2.45, 2.75) is 20.4 Å². The van der Waals surface area contributed by atoms with Crippen molar-refractivity contribution in [1.82, 2.24) is 9.97 Å². The van der Waals surface area contributed by atoms with E-state index >= 15 is 0 Å². The van der Waals surface area contributed by atoms with Gasteiger partial charge in [0.05, 0.1) is 6.61 Å². The maximum atomic E-state index is 5.85. The second-order valence-electron chi connectivity index (χ2n) is 4.93. The molecule has 0 fully saturated rings. The molecule has 0 saturated carbocycles. The van der Waals surface area contributed by atoms with Crippen LogP contribution in [-0.2, 0) is 6.54 Å². The zero-order valence-electron chi connectivity index (χ0n) is 11.6. The Morgan fingerprint density at radius 1 is 1.20 bits per heavy atom. The lowest BCUT2D eigenvalue weighted by atomic mass is 10.2. The third kappa shape index (κ3) is 4.70. The SMILES string of the molecule is CC(C)COc1cc(NCc2ccc(Cl)cc2)ncn1. The van der Waals surface area contributed by atoms with E-state index in [1.54, 1.807) is 6.07 Å². The second-order valence-corrected chi connectivity index (χ2v) is 5.36. The highest BCUT2D eigenvalue weighted by Gasteiger charge is 2.01. The molecule has 0 aliphatic heterocycles. The number of halogens is 1. The largest absolute Gasteiger partial charge is 0.477 e. The van der Waals surface area contributed by atoms with E-state index < -0.39 is 0 Å². The van der Waals surface area contributed by atoms with Crippen molar-refractivity contribution in [2.24, 2.45) is 5.92 Å². The fourth-order valence-corrected chi connectivity index (χ4v) is 1.69. The van der Waals surface area contributed by atoms with E-state index in [-0.39, 0.29) is 0 Å². The molecule has 1 aromatic heterocycles. The molecule has 0 bridgehead atoms. The summed E-state index contributed by atoms with van der Waals surface area (Å²) in [6.45, 7) is 5.52. The Balaban J connectivity index is 1.92. The van der Waals surface area contributed by atoms with E-state index in [9.17, 15) is 0 Å². The van der Waals surface area contributed by atoms with Crippen LogP contribution in [0.3, 0.4) is 0 Å². The Bertz CT molecular complexity index is 543. The Morgan fingerprint density at radius 3 is 2.65 bits per heavy atom. The molecular formula is C15H18ClN3O. The van der Waals surface area contributed by atoms with Gasteiger partial charge in [0.2, 0.25) is 5.88 Å². The molecule has 5 heteroatoms. The van der Waals surface area contributed by atoms with E-state index in [0.717, 1.165) is 16.4 Å². The number of nitrogens with zero attached hydrogens (tertiary/aromatic N) is 2. The van der Waals surface area contributed by atoms with Crippen LogP contribution in [0.1, 0.15) is 19.4 Å². The fraction of sp³-hybridized carbons (Fsp3) is 0.333. The summed E-state index contributed by atoms with van der Waals surface area (Å²) in [7, 11) is 0. The molecule has 2 aromatic rings. The average molecular weight is 292 g/mol. The van der Waals surface area contributed by atoms with Crippen LogP contribution >= 0.6 is 11.6 Å². The number of benzene rings is 1. The summed E-state index contributed by atoms with van der Waals surface area (Å²) in [5.41, 5.74) is 1.14. The van der Waals surface area contributed by atoms with Crippen molar-refractivity contribution >= 4 is 17.4 Å². The second kappa shape index (κ2) is 7.10. The summed E-state index contributed by atoms with van der Waals surface area (Å²) in [5, 5.41) is 3.97. The van der Waals surface area contributed by atoms with Gasteiger partial charge < -0.3 is 10.1 Å². The van der Waals surface area contributed by atoms with Gasteiger partial charge in [-0.15, -0.1) is 0 Å². The summed E-state index contributed by atoms with van der Waals surface area (Å²) in [5.74, 6) is 1.80. The first-order valence-electron chi connectivity index (χ1n) is 6.56. The summed E-state index contributed by atoms with van der Waals surface area (Å²) in [6, 6.07) is 9.50. The number of rotatable bonds is 6. The minimum absolute atomic E-state index is 0.468. The lowest BCUT2D eigenvalue weighted by molar-refractivity contribution is 0.261. The van der Waals surface area contributed by atoms with Gasteiger partial charge in [0.15, 0.2) is 0 Å². The molecule has 0 spiro atoms. The van der Waals surface area contributed by atoms with Crippen molar-refractivity contribution in [3.63, 3.8) is 0 Å². The number of hydrogen-bond donors (Lipinski definition) is 1. The van der Waals surface area contributed by atoms with Crippen LogP contribution in [0.5, 0.6) is 5.88 Å². The summed E-state index contributed by atoms with van der Waals surface area (Å²) < 4.78 is 5.57. The van der Waals surface area contributed by atoms with Crippen molar-refractivity contribution < 1.29 is 4.74 Å². The highest BCUT2D eigenvalue weighted by Crippen LogP contribution is 2.14. The van der Waals surface area contributed by atoms with E-state index in [2.05, 4.69) is 29.1 Å². The van der Waals surface area contributed by atoms with E-state index in [4.69, 9.17) is 16.3 Å². The average Bonchev–Trinajstić information content (AvgIpc) is 2.45. The lowest BCUT2D eigenvalue weighted by Crippen LogP contribution is -2.07. The van der Waals surface area contributed by atoms with Gasteiger partial charge in [-0.2, -0.15) is 0 Å². The molecule has 0 saturated heterocycles. The quantitative estimate of drug-likeness (QED) is 0.880. The molecule has 1 aromatic carbocycles. The predicted molar refractivity (Wildman–Crippen MR) is 81.1 cm³/mol. The molecule has 0 aliphatic rings. The van der Waals surface area contributed by atoms with Gasteiger partial charge in [-0.3, -0.25) is 0 Å². The van der Waals surface area contributed by atoms with Crippen LogP contribution in [0, 0.1) is 5.92 Å². The van der Waals surface area contributed by atoms with Gasteiger partial charge in [0.1, 0.15) is 12.1 Å². The molecule has 1 heterocycles. The third-order valence-electron chi connectivity index (χ3n) is 2.59. The van der Waals surface area contributed by atoms with Crippen molar-refractivity contribution in [2.75, 3.05) is 11.9 Å². The number of ether oxygens (including phenoxy) is 1. The van der Waals surface area contributed by atoms with Crippen molar-refractivity contribution in [1.29, 1.82) is 0 Å². The van der Waals surface area contributed by atoms with Gasteiger partial charge >= 0.3 is 0 Å². The minimum Gasteiger partial charge on any atom is -0.477 e. The Labute approximate surface area is 124 Å². The van der Waals surface area contributed by atoms with Crippen molar-refractivity contribution in [3.8, 4) is 5.88 Å². The Morgan fingerprint density at radius 2 is 1.95 bits per heavy atom. The smallest absolute Gasteiger partial charge is 0.218 e. The summed E-state index contributed by atoms with van der Waals surface area (Å²) in [4.78, 5) is 8.26. The molecule has 106 valence electrons. The Kier molecular flexibility index (Phi) is 5.18. The fourth-order valence-electron chi connectivity index (χ4n) is 1.56. The molecule has 0 amide bonds. The molecule has 0 aliphatic carbocycles. The number of nitrogens with one attached hydrogen (secondary N) is 1. The first kappa shape index (κ1) is 14.6. The third-order valence-corrected chi connectivity index (χ3v) is 2.85. The van der Waals surface area contributed by atoms with Crippen LogP contribution in [0.4, 0.5) is 5.82 Å². The first-order chi connectivity index (χ1) is 9.63. The zero-order valence-corrected chi connectivity index (χ0v) is 12.4. The highest BCUT2D eigenvalue weighted by molar-refractivity contribution is 6.30. The molecule has 2 rings (SSSR count). The van der Waals surface area contributed by atoms with Gasteiger partial charge in [0.25, 0.3) is 0 Å². The van der Waals surface area contributed by atoms with Crippen molar-refractivity contribution in [3.05, 3.63) is 47.2 Å². The summed E-state index contributed by atoms with van der Waals surface area (Å²) in [6.07, 6.45) is 1.50. The topological polar surface area (TPSA) is 47.0 Å². The maximum Gasteiger partial charge on any atom is 0.218 e. The van der Waals surface area contributed by atoms with Gasteiger partial charge in [-0.25, -0.2) is 9.97 Å². The van der Waals surface area contributed by atoms with E-state index in [1.165, 1.54) is 6.33 Å². The van der Waals surface area contributed by atoms with Gasteiger partial charge in [-0.1, -0.05) is 37.6 Å². The minimum atomic E-state index is 0.468. The van der Waals surface area contributed by atoms with E-state index in [0.29, 0.717) is 24.9 Å². The predicted octanol–water partition coefficient (Wildman–Crippen LogP) is 3.78. The number of hydrogen-bond acceptors (Lipinski definition) is 4. The van der Waals surface area contributed by atoms with Crippen LogP contribution < -0.4 is 10.1 Å². The van der Waals surface area contributed by atoms with Crippen LogP contribution in [0.15, 0.2) is 36.7 Å². The normalized spacial score (nSPS) is 10.6. The molecule has 0 atom stereocenters. The maximum absolute atomic E-state index is 5.85. The lowest BCUT2D eigenvalue weighted by Gasteiger charge is -2.09. The highest BCUT2D eigenvalue weighted by atomic mass is 35.5. The Hall–Kier alpha value is -1.81. The standard InChI is InChI=1S/C15H18ClN3O/c1-11(2)9-20-15-7-14(18-10-19-15)17-8-12-3-5-13(16)6-4-12/h3-7,10-11H,8-9H2,1-2H3,(H,17,18,19). The van der Waals surface area contributed by atoms with E-state index in [1.807, 2.05) is 24.3 Å². The van der Waals surface area contributed by atoms with Gasteiger partial charge in [0, 0.05) is 17.6 Å².